The molecule has 0 aliphatic carbocycles. The van der Waals surface area contributed by atoms with Gasteiger partial charge in [-0.1, -0.05) is 12.1 Å². The second-order valence-electron chi connectivity index (χ2n) is 6.12. The van der Waals surface area contributed by atoms with Crippen molar-refractivity contribution < 1.29 is 22.8 Å². The first kappa shape index (κ1) is 20.2. The molecule has 0 saturated carbocycles. The van der Waals surface area contributed by atoms with Crippen LogP contribution >= 0.6 is 11.8 Å². The normalized spacial score (nSPS) is 18.2. The van der Waals surface area contributed by atoms with E-state index in [1.165, 1.54) is 16.7 Å². The maximum absolute atomic E-state index is 12.3. The topological polar surface area (TPSA) is 113 Å². The van der Waals surface area contributed by atoms with Gasteiger partial charge in [-0.3, -0.25) is 25.2 Å². The van der Waals surface area contributed by atoms with Crippen LogP contribution in [0.3, 0.4) is 0 Å². The first-order chi connectivity index (χ1) is 12.2. The minimum absolute atomic E-state index is 0.0155. The van der Waals surface area contributed by atoms with Gasteiger partial charge in [0, 0.05) is 19.0 Å². The molecule has 8 nitrogen and oxygen atoms in total. The lowest BCUT2D eigenvalue weighted by Crippen LogP contribution is -2.45. The molecule has 1 aromatic carbocycles. The van der Waals surface area contributed by atoms with E-state index in [2.05, 4.69) is 10.9 Å². The Morgan fingerprint density at radius 2 is 1.88 bits per heavy atom. The highest BCUT2D eigenvalue weighted by molar-refractivity contribution is 8.00. The van der Waals surface area contributed by atoms with E-state index in [4.69, 9.17) is 0 Å². The molecule has 0 bridgehead atoms. The fourth-order valence-corrected chi connectivity index (χ4v) is 5.11. The average molecular weight is 399 g/mol. The first-order valence-electron chi connectivity index (χ1n) is 7.92. The number of hydrazine groups is 1. The Labute approximate surface area is 156 Å². The van der Waals surface area contributed by atoms with Gasteiger partial charge >= 0.3 is 0 Å². The molecule has 2 rings (SSSR count). The molecule has 1 heterocycles. The highest BCUT2D eigenvalue weighted by Crippen LogP contribution is 2.23. The van der Waals surface area contributed by atoms with E-state index in [9.17, 15) is 22.8 Å². The number of nitrogens with one attached hydrogen (secondary N) is 2. The molecule has 0 spiro atoms. The van der Waals surface area contributed by atoms with Gasteiger partial charge in [0.15, 0.2) is 9.84 Å². The number of nitrogens with zero attached hydrogens (tertiary/aromatic N) is 1. The highest BCUT2D eigenvalue weighted by atomic mass is 32.2. The predicted molar refractivity (Wildman–Crippen MR) is 98.2 cm³/mol. The van der Waals surface area contributed by atoms with Crippen molar-refractivity contribution in [3.05, 3.63) is 29.8 Å². The number of carbonyl (C=O) groups excluding carboxylic acids is 3. The van der Waals surface area contributed by atoms with E-state index < -0.39 is 27.6 Å². The lowest BCUT2D eigenvalue weighted by molar-refractivity contribution is -0.126. The first-order valence-corrected chi connectivity index (χ1v) is 10.7. The van der Waals surface area contributed by atoms with Gasteiger partial charge in [0.25, 0.3) is 5.91 Å². The summed E-state index contributed by atoms with van der Waals surface area (Å²) in [5, 5.41) is 0. The van der Waals surface area contributed by atoms with Crippen molar-refractivity contribution in [2.75, 3.05) is 31.4 Å². The van der Waals surface area contributed by atoms with E-state index in [1.807, 2.05) is 0 Å². The van der Waals surface area contributed by atoms with E-state index in [0.29, 0.717) is 10.5 Å². The fraction of sp³-hybridized carbons (Fsp3) is 0.438. The summed E-state index contributed by atoms with van der Waals surface area (Å²) in [5.74, 6) is -1.81. The summed E-state index contributed by atoms with van der Waals surface area (Å²) in [6, 6.07) is 6.73. The summed E-state index contributed by atoms with van der Waals surface area (Å²) in [6.45, 7) is 0. The Morgan fingerprint density at radius 1 is 1.19 bits per heavy atom. The highest BCUT2D eigenvalue weighted by Gasteiger charge is 2.33. The van der Waals surface area contributed by atoms with Crippen LogP contribution in [0, 0.1) is 5.92 Å². The van der Waals surface area contributed by atoms with Gasteiger partial charge in [-0.2, -0.15) is 0 Å². The zero-order valence-electron chi connectivity index (χ0n) is 14.5. The third-order valence-electron chi connectivity index (χ3n) is 3.88. The SMILES string of the molecule is CN(C)C(=O)CSc1ccccc1C(=O)NNC(=O)[C@@H]1CCS(=O)(=O)C1. The van der Waals surface area contributed by atoms with Crippen LogP contribution in [-0.2, 0) is 19.4 Å². The zero-order chi connectivity index (χ0) is 19.3. The second-order valence-corrected chi connectivity index (χ2v) is 9.36. The molecule has 1 fully saturated rings. The van der Waals surface area contributed by atoms with Crippen LogP contribution in [0.5, 0.6) is 0 Å². The number of sulfone groups is 1. The van der Waals surface area contributed by atoms with E-state index in [1.54, 1.807) is 38.4 Å². The van der Waals surface area contributed by atoms with Crippen molar-refractivity contribution >= 4 is 39.3 Å². The lowest BCUT2D eigenvalue weighted by Gasteiger charge is -2.13. The predicted octanol–water partition coefficient (Wildman–Crippen LogP) is 0.0626. The molecule has 142 valence electrons. The van der Waals surface area contributed by atoms with Gasteiger partial charge in [0.1, 0.15) is 0 Å². The molecule has 3 amide bonds. The number of amides is 3. The van der Waals surface area contributed by atoms with Crippen molar-refractivity contribution in [3.63, 3.8) is 0 Å². The molecule has 1 atom stereocenters. The average Bonchev–Trinajstić information content (AvgIpc) is 2.97. The minimum Gasteiger partial charge on any atom is -0.348 e. The zero-order valence-corrected chi connectivity index (χ0v) is 16.2. The van der Waals surface area contributed by atoms with Crippen LogP contribution in [0.25, 0.3) is 0 Å². The number of benzene rings is 1. The summed E-state index contributed by atoms with van der Waals surface area (Å²) in [7, 11) is 0.133. The molecule has 26 heavy (non-hydrogen) atoms. The molecule has 0 aromatic heterocycles. The Morgan fingerprint density at radius 3 is 2.50 bits per heavy atom. The maximum atomic E-state index is 12.3. The third kappa shape index (κ3) is 5.46. The quantitative estimate of drug-likeness (QED) is 0.535. The van der Waals surface area contributed by atoms with E-state index >= 15 is 0 Å². The van der Waals surface area contributed by atoms with E-state index in [0.717, 1.165) is 0 Å². The molecule has 2 N–H and O–H groups in total. The summed E-state index contributed by atoms with van der Waals surface area (Å²) < 4.78 is 22.8. The Balaban J connectivity index is 1.95. The van der Waals surface area contributed by atoms with E-state index in [-0.39, 0.29) is 29.6 Å². The van der Waals surface area contributed by atoms with Crippen LogP contribution < -0.4 is 10.9 Å². The summed E-state index contributed by atoms with van der Waals surface area (Å²) in [5.41, 5.74) is 4.92. The van der Waals surface area contributed by atoms with Gasteiger partial charge in [-0.25, -0.2) is 8.42 Å². The smallest absolute Gasteiger partial charge is 0.270 e. The molecule has 10 heteroatoms. The molecule has 0 radical (unpaired) electrons. The molecule has 1 aromatic rings. The number of hydrogen-bond donors (Lipinski definition) is 2. The van der Waals surface area contributed by atoms with Crippen LogP contribution in [0.2, 0.25) is 0 Å². The number of carbonyl (C=O) groups is 3. The molecule has 1 aliphatic heterocycles. The molecular weight excluding hydrogens is 378 g/mol. The third-order valence-corrected chi connectivity index (χ3v) is 6.71. The summed E-state index contributed by atoms with van der Waals surface area (Å²) >= 11 is 1.23. The molecule has 1 saturated heterocycles. The van der Waals surface area contributed by atoms with Crippen molar-refractivity contribution in [1.82, 2.24) is 15.8 Å². The van der Waals surface area contributed by atoms with Gasteiger partial charge in [-0.15, -0.1) is 11.8 Å². The second kappa shape index (κ2) is 8.54. The van der Waals surface area contributed by atoms with Crippen LogP contribution in [0.4, 0.5) is 0 Å². The molecular formula is C16H21N3O5S2. The summed E-state index contributed by atoms with van der Waals surface area (Å²) in [4.78, 5) is 38.1. The fourth-order valence-electron chi connectivity index (χ4n) is 2.34. The number of hydrogen-bond acceptors (Lipinski definition) is 6. The standard InChI is InChI=1S/C16H21N3O5S2/c1-19(2)14(20)9-25-13-6-4-3-5-12(13)16(22)18-17-15(21)11-7-8-26(23,24)10-11/h3-6,11H,7-10H2,1-2H3,(H,17,21)(H,18,22)/t11-/m1/s1. The van der Waals surface area contributed by atoms with Gasteiger partial charge in [-0.05, 0) is 18.6 Å². The Kier molecular flexibility index (Phi) is 6.65. The van der Waals surface area contributed by atoms with Gasteiger partial charge < -0.3 is 4.90 Å². The van der Waals surface area contributed by atoms with Crippen molar-refractivity contribution in [3.8, 4) is 0 Å². The monoisotopic (exact) mass is 399 g/mol. The summed E-state index contributed by atoms with van der Waals surface area (Å²) in [6.07, 6.45) is 0.253. The minimum atomic E-state index is -3.17. The lowest BCUT2D eigenvalue weighted by atomic mass is 10.1. The molecule has 1 aliphatic rings. The number of rotatable bonds is 5. The number of thioether (sulfide) groups is 1. The van der Waals surface area contributed by atoms with Crippen LogP contribution in [0.1, 0.15) is 16.8 Å². The van der Waals surface area contributed by atoms with Crippen LogP contribution in [0.15, 0.2) is 29.2 Å². The Hall–Kier alpha value is -2.07. The van der Waals surface area contributed by atoms with Crippen molar-refractivity contribution in [2.24, 2.45) is 5.92 Å². The van der Waals surface area contributed by atoms with Crippen molar-refractivity contribution in [1.29, 1.82) is 0 Å². The largest absolute Gasteiger partial charge is 0.348 e. The van der Waals surface area contributed by atoms with Crippen LogP contribution in [-0.4, -0.2) is 62.4 Å². The van der Waals surface area contributed by atoms with Crippen molar-refractivity contribution in [2.45, 2.75) is 11.3 Å². The maximum Gasteiger partial charge on any atom is 0.270 e. The Bertz CT molecular complexity index is 808. The molecule has 0 unspecified atom stereocenters. The van der Waals surface area contributed by atoms with Gasteiger partial charge in [0.05, 0.1) is 28.7 Å². The van der Waals surface area contributed by atoms with Gasteiger partial charge in [0.2, 0.25) is 11.8 Å².